The van der Waals surface area contributed by atoms with Gasteiger partial charge in [0.2, 0.25) is 0 Å². The number of hydroxylamine groups is 1. The van der Waals surface area contributed by atoms with Crippen LogP contribution in [0, 0.1) is 23.7 Å². The Morgan fingerprint density at radius 1 is 0.909 bits per heavy atom. The minimum atomic E-state index is -3.38. The first-order chi connectivity index (χ1) is 15.6. The third-order valence-corrected chi connectivity index (χ3v) is 4.43. The van der Waals surface area contributed by atoms with Gasteiger partial charge in [-0.3, -0.25) is 14.8 Å². The number of benzene rings is 2. The fourth-order valence-electron chi connectivity index (χ4n) is 2.49. The smallest absolute Gasteiger partial charge is 0.335 e. The number of aliphatic hydroxyl groups is 1. The van der Waals surface area contributed by atoms with Gasteiger partial charge in [-0.05, 0) is 67.3 Å². The Kier molecular flexibility index (Phi) is 8.24. The maximum atomic E-state index is 13.1. The van der Waals surface area contributed by atoms with Crippen molar-refractivity contribution in [1.82, 2.24) is 10.8 Å². The van der Waals surface area contributed by atoms with E-state index < -0.39 is 35.9 Å². The number of carboxylic acid groups (broad SMARTS) is 1. The number of hydrogen-bond donors (Lipinski definition) is 5. The summed E-state index contributed by atoms with van der Waals surface area (Å²) in [4.78, 5) is 34.8. The molecule has 8 nitrogen and oxygen atoms in total. The summed E-state index contributed by atoms with van der Waals surface area (Å²) in [6.45, 7) is 0.651. The molecule has 170 valence electrons. The first-order valence-corrected chi connectivity index (χ1v) is 9.27. The van der Waals surface area contributed by atoms with Gasteiger partial charge in [-0.15, -0.1) is 0 Å². The fourth-order valence-corrected chi connectivity index (χ4v) is 2.49. The lowest BCUT2D eigenvalue weighted by Crippen LogP contribution is -2.61. The molecule has 5 N–H and O–H groups in total. The molecule has 0 aliphatic carbocycles. The van der Waals surface area contributed by atoms with Crippen LogP contribution in [0.4, 0.5) is 8.78 Å². The monoisotopic (exact) mass is 456 g/mol. The van der Waals surface area contributed by atoms with Crippen molar-refractivity contribution < 1.29 is 38.6 Å². The predicted octanol–water partition coefficient (Wildman–Crippen LogP) is 1.41. The molecular weight excluding hydrogens is 438 g/mol. The van der Waals surface area contributed by atoms with Crippen LogP contribution in [0.25, 0.3) is 0 Å². The minimum absolute atomic E-state index is 0.00837. The van der Waals surface area contributed by atoms with Gasteiger partial charge in [0.25, 0.3) is 18.2 Å². The van der Waals surface area contributed by atoms with Crippen LogP contribution >= 0.6 is 0 Å². The van der Waals surface area contributed by atoms with E-state index in [4.69, 9.17) is 10.3 Å². The molecule has 2 atom stereocenters. The Bertz CT molecular complexity index is 1150. The van der Waals surface area contributed by atoms with Gasteiger partial charge in [0.05, 0.1) is 5.56 Å². The zero-order valence-corrected chi connectivity index (χ0v) is 17.1. The maximum Gasteiger partial charge on any atom is 0.335 e. The van der Waals surface area contributed by atoms with Crippen LogP contribution in [0.2, 0.25) is 0 Å². The summed E-state index contributed by atoms with van der Waals surface area (Å²) in [5.41, 5.74) is -0.617. The van der Waals surface area contributed by atoms with Gasteiger partial charge in [0.1, 0.15) is 6.04 Å². The molecule has 0 bridgehead atoms. The summed E-state index contributed by atoms with van der Waals surface area (Å²) < 4.78 is 26.1. The van der Waals surface area contributed by atoms with Crippen molar-refractivity contribution in [3.8, 4) is 23.7 Å². The molecule has 0 saturated heterocycles. The number of alkyl halides is 2. The van der Waals surface area contributed by atoms with Crippen molar-refractivity contribution in [2.24, 2.45) is 0 Å². The van der Waals surface area contributed by atoms with Crippen LogP contribution in [0.1, 0.15) is 38.8 Å². The van der Waals surface area contributed by atoms with Gasteiger partial charge in [0.15, 0.2) is 5.60 Å². The minimum Gasteiger partial charge on any atom is -0.478 e. The molecule has 2 amide bonds. The van der Waals surface area contributed by atoms with Gasteiger partial charge in [-0.25, -0.2) is 19.1 Å². The van der Waals surface area contributed by atoms with Gasteiger partial charge in [-0.2, -0.15) is 0 Å². The topological polar surface area (TPSA) is 136 Å². The van der Waals surface area contributed by atoms with Crippen LogP contribution in [-0.4, -0.2) is 51.3 Å². The van der Waals surface area contributed by atoms with Crippen molar-refractivity contribution in [2.75, 3.05) is 0 Å². The molecule has 0 heterocycles. The lowest BCUT2D eigenvalue weighted by atomic mass is 9.95. The van der Waals surface area contributed by atoms with E-state index in [1.807, 2.05) is 5.32 Å². The number of nitrogens with one attached hydrogen (secondary N) is 2. The third kappa shape index (κ3) is 6.61. The molecule has 10 heteroatoms. The first kappa shape index (κ1) is 25.0. The molecule has 1 unspecified atom stereocenters. The Morgan fingerprint density at radius 3 is 1.76 bits per heavy atom. The van der Waals surface area contributed by atoms with Gasteiger partial charge in [0, 0.05) is 16.7 Å². The lowest BCUT2D eigenvalue weighted by Gasteiger charge is -2.30. The summed E-state index contributed by atoms with van der Waals surface area (Å²) in [5, 5.41) is 29.4. The molecule has 2 rings (SSSR count). The Balaban J connectivity index is 2.09. The average Bonchev–Trinajstić information content (AvgIpc) is 2.80. The van der Waals surface area contributed by atoms with Gasteiger partial charge in [-0.1, -0.05) is 11.8 Å². The van der Waals surface area contributed by atoms with Crippen LogP contribution in [0.5, 0.6) is 0 Å². The molecular formula is C23H18F2N2O6. The molecule has 2 aromatic carbocycles. The summed E-state index contributed by atoms with van der Waals surface area (Å²) >= 11 is 0. The first-order valence-electron chi connectivity index (χ1n) is 9.27. The number of halogens is 2. The van der Waals surface area contributed by atoms with Crippen LogP contribution in [-0.2, 0) is 4.79 Å². The molecule has 0 fully saturated rings. The second-order valence-corrected chi connectivity index (χ2v) is 6.87. The van der Waals surface area contributed by atoms with E-state index in [0.717, 1.165) is 5.48 Å². The zero-order chi connectivity index (χ0) is 24.6. The van der Waals surface area contributed by atoms with Crippen molar-refractivity contribution in [1.29, 1.82) is 0 Å². The molecule has 33 heavy (non-hydrogen) atoms. The highest BCUT2D eigenvalue weighted by Crippen LogP contribution is 2.20. The Labute approximate surface area is 187 Å². The number of amides is 2. The highest BCUT2D eigenvalue weighted by atomic mass is 19.3. The average molecular weight is 456 g/mol. The second kappa shape index (κ2) is 10.9. The van der Waals surface area contributed by atoms with Gasteiger partial charge < -0.3 is 15.5 Å². The molecule has 0 aliphatic rings. The second-order valence-electron chi connectivity index (χ2n) is 6.87. The Morgan fingerprint density at radius 2 is 1.36 bits per heavy atom. The van der Waals surface area contributed by atoms with Crippen molar-refractivity contribution in [2.45, 2.75) is 25.0 Å². The van der Waals surface area contributed by atoms with Gasteiger partial charge >= 0.3 is 5.97 Å². The molecule has 0 aromatic heterocycles. The molecule has 0 saturated carbocycles. The SMILES string of the molecule is CC(O)(C(F)F)[C@H](NC(=O)c1ccc(C#CC#Cc2ccc(C(=O)O)cc2)cc1)C(=O)NO. The largest absolute Gasteiger partial charge is 0.478 e. The summed E-state index contributed by atoms with van der Waals surface area (Å²) in [6.07, 6.45) is -3.38. The molecule has 0 aliphatic heterocycles. The lowest BCUT2D eigenvalue weighted by molar-refractivity contribution is -0.149. The Hall–Kier alpha value is -4.25. The quantitative estimate of drug-likeness (QED) is 0.253. The third-order valence-electron chi connectivity index (χ3n) is 4.43. The van der Waals surface area contributed by atoms with E-state index in [1.165, 1.54) is 36.4 Å². The summed E-state index contributed by atoms with van der Waals surface area (Å²) in [5.74, 6) is 7.29. The highest BCUT2D eigenvalue weighted by Gasteiger charge is 2.46. The molecule has 0 radical (unpaired) electrons. The van der Waals surface area contributed by atoms with Crippen LogP contribution < -0.4 is 10.8 Å². The van der Waals surface area contributed by atoms with Crippen molar-refractivity contribution in [3.05, 3.63) is 70.8 Å². The highest BCUT2D eigenvalue weighted by molar-refractivity contribution is 5.98. The van der Waals surface area contributed by atoms with E-state index >= 15 is 0 Å². The number of aromatic carboxylic acids is 1. The van der Waals surface area contributed by atoms with E-state index in [1.54, 1.807) is 12.1 Å². The summed E-state index contributed by atoms with van der Waals surface area (Å²) in [6, 6.07) is 9.36. The van der Waals surface area contributed by atoms with Crippen molar-refractivity contribution >= 4 is 17.8 Å². The number of rotatable bonds is 6. The van der Waals surface area contributed by atoms with E-state index in [-0.39, 0.29) is 11.1 Å². The molecule has 2 aromatic rings. The van der Waals surface area contributed by atoms with E-state index in [9.17, 15) is 28.3 Å². The molecule has 0 spiro atoms. The van der Waals surface area contributed by atoms with Crippen LogP contribution in [0.15, 0.2) is 48.5 Å². The number of carbonyl (C=O) groups excluding carboxylic acids is 2. The fraction of sp³-hybridized carbons (Fsp3) is 0.174. The predicted molar refractivity (Wildman–Crippen MR) is 111 cm³/mol. The van der Waals surface area contributed by atoms with E-state index in [0.29, 0.717) is 18.1 Å². The zero-order valence-electron chi connectivity index (χ0n) is 17.1. The number of hydrogen-bond acceptors (Lipinski definition) is 5. The van der Waals surface area contributed by atoms with E-state index in [2.05, 4.69) is 23.7 Å². The number of carboxylic acids is 1. The van der Waals surface area contributed by atoms with Crippen LogP contribution in [0.3, 0.4) is 0 Å². The maximum absolute atomic E-state index is 13.1. The summed E-state index contributed by atoms with van der Waals surface area (Å²) in [7, 11) is 0. The van der Waals surface area contributed by atoms with Crippen molar-refractivity contribution in [3.63, 3.8) is 0 Å². The number of carbonyl (C=O) groups is 3. The normalized spacial score (nSPS) is 12.8. The standard InChI is InChI=1S/C23H18F2N2O6/c1-23(32,22(24)25)18(20(29)27-33)26-19(28)16-10-6-14(7-11-16)4-2-3-5-15-8-12-17(13-9-15)21(30)31/h6-13,18,22,32-33H,1H3,(H,26,28)(H,27,29)(H,30,31)/t18-,23?/m1/s1.